The van der Waals surface area contributed by atoms with Crippen molar-refractivity contribution in [1.82, 2.24) is 5.16 Å². The van der Waals surface area contributed by atoms with E-state index in [9.17, 15) is 5.11 Å². The van der Waals surface area contributed by atoms with Crippen LogP contribution in [0.2, 0.25) is 0 Å². The van der Waals surface area contributed by atoms with E-state index in [1.54, 1.807) is 0 Å². The van der Waals surface area contributed by atoms with Gasteiger partial charge in [0.15, 0.2) is 5.76 Å². The number of rotatable bonds is 5. The zero-order valence-electron chi connectivity index (χ0n) is 19.4. The van der Waals surface area contributed by atoms with Crippen molar-refractivity contribution in [3.05, 3.63) is 17.5 Å². The van der Waals surface area contributed by atoms with Crippen molar-refractivity contribution in [3.63, 3.8) is 0 Å². The quantitative estimate of drug-likeness (QED) is 0.514. The molecule has 4 rings (SSSR count). The first-order valence-corrected chi connectivity index (χ1v) is 12.5. The zero-order chi connectivity index (χ0) is 21.8. The number of hydrogen-bond acceptors (Lipinski definition) is 6. The van der Waals surface area contributed by atoms with Gasteiger partial charge in [0, 0.05) is 12.5 Å². The van der Waals surface area contributed by atoms with Gasteiger partial charge in [0.1, 0.15) is 6.61 Å². The van der Waals surface area contributed by atoms with E-state index in [1.165, 1.54) is 44.2 Å². The fourth-order valence-corrected chi connectivity index (χ4v) is 6.79. The van der Waals surface area contributed by atoms with Gasteiger partial charge >= 0.3 is 0 Å². The molecule has 0 amide bonds. The van der Waals surface area contributed by atoms with Crippen LogP contribution in [0.3, 0.4) is 0 Å². The second-order valence-corrected chi connectivity index (χ2v) is 10.6. The monoisotopic (exact) mass is 431 g/mol. The zero-order valence-corrected chi connectivity index (χ0v) is 19.4. The lowest BCUT2D eigenvalue weighted by atomic mass is 9.50. The molecular weight excluding hydrogens is 390 g/mol. The van der Waals surface area contributed by atoms with Crippen LogP contribution in [-0.2, 0) is 17.8 Å². The van der Waals surface area contributed by atoms with Crippen LogP contribution >= 0.6 is 0 Å². The lowest BCUT2D eigenvalue weighted by molar-refractivity contribution is -0.0391. The van der Waals surface area contributed by atoms with Gasteiger partial charge in [0.2, 0.25) is 0 Å². The van der Waals surface area contributed by atoms with Gasteiger partial charge in [0.25, 0.3) is 0 Å². The molecule has 6 nitrogen and oxygen atoms in total. The highest BCUT2D eigenvalue weighted by atomic mass is 16.6. The molecule has 3 aliphatic carbocycles. The van der Waals surface area contributed by atoms with Crippen molar-refractivity contribution in [2.24, 2.45) is 40.0 Å². The minimum atomic E-state index is -0.0902. The summed E-state index contributed by atoms with van der Waals surface area (Å²) in [6.07, 6.45) is 12.2. The molecule has 0 bridgehead atoms. The summed E-state index contributed by atoms with van der Waals surface area (Å²) in [5.74, 6) is 3.76. The van der Waals surface area contributed by atoms with Crippen LogP contribution < -0.4 is 5.73 Å². The lowest BCUT2D eigenvalue weighted by Crippen LogP contribution is -2.48. The molecule has 6 unspecified atom stereocenters. The highest BCUT2D eigenvalue weighted by Gasteiger charge is 2.50. The number of aliphatic hydroxyl groups is 1. The Morgan fingerprint density at radius 2 is 2.13 bits per heavy atom. The smallest absolute Gasteiger partial charge is 0.150 e. The molecule has 0 saturated heterocycles. The molecular formula is C25H41N3O3. The van der Waals surface area contributed by atoms with Crippen LogP contribution in [0.15, 0.2) is 15.7 Å². The number of aliphatic hydroxyl groups excluding tert-OH is 1. The van der Waals surface area contributed by atoms with E-state index in [0.29, 0.717) is 36.7 Å². The van der Waals surface area contributed by atoms with Gasteiger partial charge in [-0.3, -0.25) is 0 Å². The Bertz CT molecular complexity index is 748. The number of hydrogen-bond donors (Lipinski definition) is 2. The third-order valence-corrected chi connectivity index (χ3v) is 8.77. The third kappa shape index (κ3) is 5.16. The lowest BCUT2D eigenvalue weighted by Gasteiger charge is -2.55. The van der Waals surface area contributed by atoms with Crippen molar-refractivity contribution in [2.75, 3.05) is 6.61 Å². The minimum absolute atomic E-state index is 0.0902. The van der Waals surface area contributed by atoms with Gasteiger partial charge in [-0.05, 0) is 86.9 Å². The number of nitrogens with zero attached hydrogens (tertiary/aromatic N) is 2. The summed E-state index contributed by atoms with van der Waals surface area (Å²) in [6, 6.07) is 1.89. The fraction of sp³-hybridized carbons (Fsp3) is 0.840. The van der Waals surface area contributed by atoms with E-state index in [4.69, 9.17) is 15.1 Å². The maximum atomic E-state index is 10.3. The van der Waals surface area contributed by atoms with Crippen LogP contribution in [0.25, 0.3) is 0 Å². The molecule has 3 N–H and O–H groups in total. The van der Waals surface area contributed by atoms with Crippen LogP contribution in [0.5, 0.6) is 0 Å². The molecule has 0 spiro atoms. The van der Waals surface area contributed by atoms with Crippen LogP contribution in [0.1, 0.15) is 89.5 Å². The van der Waals surface area contributed by atoms with Crippen LogP contribution in [0, 0.1) is 29.1 Å². The summed E-state index contributed by atoms with van der Waals surface area (Å²) in [5.41, 5.74) is 8.07. The summed E-state index contributed by atoms with van der Waals surface area (Å²) < 4.78 is 5.13. The van der Waals surface area contributed by atoms with Crippen molar-refractivity contribution < 1.29 is 14.5 Å². The third-order valence-electron chi connectivity index (χ3n) is 8.77. The minimum Gasteiger partial charge on any atom is -0.395 e. The number of nitrogens with two attached hydrogens (primary N) is 1. The van der Waals surface area contributed by atoms with Crippen LogP contribution in [-0.4, -0.2) is 28.7 Å². The molecule has 3 aliphatic rings. The highest BCUT2D eigenvalue weighted by Crippen LogP contribution is 2.58. The summed E-state index contributed by atoms with van der Waals surface area (Å²) >= 11 is 0. The van der Waals surface area contributed by atoms with E-state index < -0.39 is 0 Å². The Hall–Kier alpha value is -1.40. The number of oxime groups is 1. The molecule has 3 fully saturated rings. The van der Waals surface area contributed by atoms with Gasteiger partial charge in [0.05, 0.1) is 24.1 Å². The van der Waals surface area contributed by atoms with E-state index >= 15 is 0 Å². The van der Waals surface area contributed by atoms with Crippen molar-refractivity contribution in [2.45, 2.75) is 97.1 Å². The predicted molar refractivity (Wildman–Crippen MR) is 121 cm³/mol. The first-order valence-electron chi connectivity index (χ1n) is 12.5. The Balaban J connectivity index is 1.34. The first-order chi connectivity index (χ1) is 15.0. The van der Waals surface area contributed by atoms with Crippen molar-refractivity contribution >= 4 is 5.71 Å². The topological polar surface area (TPSA) is 93.9 Å². The average molecular weight is 432 g/mol. The normalized spacial score (nSPS) is 37.9. The van der Waals surface area contributed by atoms with Gasteiger partial charge in [-0.1, -0.05) is 30.6 Å². The van der Waals surface area contributed by atoms with Crippen molar-refractivity contribution in [1.29, 1.82) is 0 Å². The number of fused-ring (bicyclic) bond motifs is 3. The molecule has 174 valence electrons. The van der Waals surface area contributed by atoms with E-state index in [1.807, 2.05) is 6.07 Å². The molecule has 0 aromatic carbocycles. The SMILES string of the molecule is CC1CCC(O)CCCC2C1CCC1CC(=NOCCc3cc(CN)on3)CCC12C. The summed E-state index contributed by atoms with van der Waals surface area (Å²) in [4.78, 5) is 5.67. The maximum Gasteiger partial charge on any atom is 0.150 e. The molecule has 31 heavy (non-hydrogen) atoms. The van der Waals surface area contributed by atoms with E-state index in [2.05, 4.69) is 24.2 Å². The molecule has 1 aromatic heterocycles. The predicted octanol–water partition coefficient (Wildman–Crippen LogP) is 4.84. The summed E-state index contributed by atoms with van der Waals surface area (Å²) in [6.45, 7) is 5.89. The van der Waals surface area contributed by atoms with Crippen molar-refractivity contribution in [3.8, 4) is 0 Å². The van der Waals surface area contributed by atoms with Crippen LogP contribution in [0.4, 0.5) is 0 Å². The molecule has 6 atom stereocenters. The Morgan fingerprint density at radius 3 is 2.94 bits per heavy atom. The molecule has 1 aromatic rings. The fourth-order valence-electron chi connectivity index (χ4n) is 6.79. The maximum absolute atomic E-state index is 10.3. The molecule has 3 saturated carbocycles. The second kappa shape index (κ2) is 10.0. The molecule has 0 radical (unpaired) electrons. The van der Waals surface area contributed by atoms with Gasteiger partial charge < -0.3 is 20.2 Å². The van der Waals surface area contributed by atoms with E-state index in [0.717, 1.165) is 49.1 Å². The van der Waals surface area contributed by atoms with Gasteiger partial charge in [-0.2, -0.15) is 0 Å². The molecule has 0 aliphatic heterocycles. The molecule has 1 heterocycles. The standard InChI is InChI=1S/C25H41N3O3/c1-17-6-8-21(29)4-3-5-24-23(17)9-7-18-14-19(10-12-25(18,24)2)27-30-13-11-20-15-22(16-26)31-28-20/h15,17-18,21,23-24,29H,3-14,16,26H2,1-2H3. The Kier molecular flexibility index (Phi) is 7.37. The highest BCUT2D eigenvalue weighted by molar-refractivity contribution is 5.85. The molecule has 6 heteroatoms. The summed E-state index contributed by atoms with van der Waals surface area (Å²) in [7, 11) is 0. The number of aromatic nitrogens is 1. The largest absolute Gasteiger partial charge is 0.395 e. The van der Waals surface area contributed by atoms with Gasteiger partial charge in [-0.25, -0.2) is 0 Å². The first kappa shape index (κ1) is 22.8. The van der Waals surface area contributed by atoms with Gasteiger partial charge in [-0.15, -0.1) is 0 Å². The Morgan fingerprint density at radius 1 is 1.26 bits per heavy atom. The Labute approximate surface area is 187 Å². The summed E-state index contributed by atoms with van der Waals surface area (Å²) in [5, 5.41) is 18.8. The van der Waals surface area contributed by atoms with E-state index in [-0.39, 0.29) is 6.10 Å². The second-order valence-electron chi connectivity index (χ2n) is 10.6. The average Bonchev–Trinajstić information content (AvgIpc) is 3.25.